The molecule has 4 aliphatic rings. The van der Waals surface area contributed by atoms with Crippen LogP contribution in [0.5, 0.6) is 5.75 Å². The Morgan fingerprint density at radius 3 is 2.47 bits per heavy atom. The van der Waals surface area contributed by atoms with Crippen molar-refractivity contribution in [2.45, 2.75) is 57.0 Å². The van der Waals surface area contributed by atoms with Crippen LogP contribution in [0.4, 0.5) is 10.5 Å². The van der Waals surface area contributed by atoms with E-state index in [0.29, 0.717) is 6.54 Å². The minimum atomic E-state index is -0.791. The fourth-order valence-electron chi connectivity index (χ4n) is 7.57. The zero-order valence-corrected chi connectivity index (χ0v) is 26.8. The summed E-state index contributed by atoms with van der Waals surface area (Å²) in [6, 6.07) is 22.3. The molecule has 3 aromatic carbocycles. The van der Waals surface area contributed by atoms with Crippen molar-refractivity contribution in [3.05, 3.63) is 95.1 Å². The van der Waals surface area contributed by atoms with Gasteiger partial charge in [-0.1, -0.05) is 60.7 Å². The number of piperidine rings is 1. The molecule has 0 saturated carbocycles. The van der Waals surface area contributed by atoms with Gasteiger partial charge in [-0.3, -0.25) is 14.5 Å². The number of anilines is 1. The van der Waals surface area contributed by atoms with Crippen molar-refractivity contribution in [1.29, 1.82) is 0 Å². The lowest BCUT2D eigenvalue weighted by Crippen LogP contribution is -2.76. The largest absolute Gasteiger partial charge is 0.508 e. The molecular weight excluding hydrogens is 594 g/mol. The number of phenols is 1. The summed E-state index contributed by atoms with van der Waals surface area (Å²) in [5.41, 5.74) is 5.44. The van der Waals surface area contributed by atoms with Crippen LogP contribution in [-0.2, 0) is 35.5 Å². The Bertz CT molecular complexity index is 1610. The molecular formula is C36H43N7O4. The SMILES string of the molecule is CN1CC(=O)N2C(CN(Cc3cccc4c3NCC4)C(=O)[C@@H]2Cc2ccc(O)cc2)N1C(=O)NC1CCN(Cc2ccccc2)CC1. The van der Waals surface area contributed by atoms with Crippen LogP contribution in [0, 0.1) is 0 Å². The summed E-state index contributed by atoms with van der Waals surface area (Å²) < 4.78 is 0. The van der Waals surface area contributed by atoms with E-state index in [1.165, 1.54) is 11.1 Å². The number of phenolic OH excluding ortho intramolecular Hbond substituents is 1. The lowest BCUT2D eigenvalue weighted by molar-refractivity contribution is -0.187. The topological polar surface area (TPSA) is 112 Å². The number of likely N-dealkylation sites (tertiary alicyclic amines) is 1. The number of carbonyl (C=O) groups is 3. The Morgan fingerprint density at radius 2 is 1.70 bits per heavy atom. The third kappa shape index (κ3) is 6.50. The van der Waals surface area contributed by atoms with Gasteiger partial charge in [-0.15, -0.1) is 0 Å². The highest BCUT2D eigenvalue weighted by molar-refractivity contribution is 5.92. The van der Waals surface area contributed by atoms with Gasteiger partial charge in [0.25, 0.3) is 0 Å². The first kappa shape index (κ1) is 31.0. The van der Waals surface area contributed by atoms with Gasteiger partial charge in [0.1, 0.15) is 18.0 Å². The molecule has 3 saturated heterocycles. The van der Waals surface area contributed by atoms with Crippen LogP contribution in [0.1, 0.15) is 35.1 Å². The molecule has 0 bridgehead atoms. The highest BCUT2D eigenvalue weighted by atomic mass is 16.3. The summed E-state index contributed by atoms with van der Waals surface area (Å²) in [7, 11) is 1.76. The number of amides is 4. The average Bonchev–Trinajstić information content (AvgIpc) is 3.55. The molecule has 4 aliphatic heterocycles. The Balaban J connectivity index is 1.11. The van der Waals surface area contributed by atoms with E-state index in [9.17, 15) is 19.5 Å². The van der Waals surface area contributed by atoms with Gasteiger partial charge in [-0.05, 0) is 53.6 Å². The quantitative estimate of drug-likeness (QED) is 0.365. The van der Waals surface area contributed by atoms with Crippen LogP contribution < -0.4 is 10.6 Å². The monoisotopic (exact) mass is 637 g/mol. The lowest BCUT2D eigenvalue weighted by atomic mass is 9.98. The molecule has 3 N–H and O–H groups in total. The minimum absolute atomic E-state index is 0.00505. The van der Waals surface area contributed by atoms with Crippen molar-refractivity contribution < 1.29 is 19.5 Å². The molecule has 4 heterocycles. The molecule has 0 aliphatic carbocycles. The molecule has 0 radical (unpaired) electrons. The van der Waals surface area contributed by atoms with Crippen LogP contribution >= 0.6 is 0 Å². The van der Waals surface area contributed by atoms with Crippen molar-refractivity contribution >= 4 is 23.5 Å². The van der Waals surface area contributed by atoms with Gasteiger partial charge in [-0.2, -0.15) is 0 Å². The predicted molar refractivity (Wildman–Crippen MR) is 178 cm³/mol. The van der Waals surface area contributed by atoms with E-state index in [0.717, 1.165) is 62.3 Å². The number of piperazine rings is 1. The Hall–Kier alpha value is -4.61. The van der Waals surface area contributed by atoms with Crippen LogP contribution in [0.15, 0.2) is 72.8 Å². The molecule has 3 fully saturated rings. The number of nitrogens with zero attached hydrogens (tertiary/aromatic N) is 5. The van der Waals surface area contributed by atoms with Crippen molar-refractivity contribution in [2.75, 3.05) is 45.1 Å². The zero-order valence-electron chi connectivity index (χ0n) is 26.8. The molecule has 0 spiro atoms. The molecule has 7 rings (SSSR count). The number of para-hydroxylation sites is 1. The number of hydrazine groups is 1. The molecule has 1 unspecified atom stereocenters. The molecule has 11 nitrogen and oxygen atoms in total. The zero-order chi connectivity index (χ0) is 32.5. The Kier molecular flexibility index (Phi) is 8.74. The smallest absolute Gasteiger partial charge is 0.334 e. The highest BCUT2D eigenvalue weighted by Crippen LogP contribution is 2.32. The number of carbonyl (C=O) groups excluding carboxylic acids is 3. The van der Waals surface area contributed by atoms with E-state index >= 15 is 0 Å². The fourth-order valence-corrected chi connectivity index (χ4v) is 7.57. The maximum Gasteiger partial charge on any atom is 0.334 e. The van der Waals surface area contributed by atoms with E-state index in [1.54, 1.807) is 51.1 Å². The first-order valence-corrected chi connectivity index (χ1v) is 16.6. The normalized spacial score (nSPS) is 22.2. The van der Waals surface area contributed by atoms with E-state index in [2.05, 4.69) is 45.9 Å². The van der Waals surface area contributed by atoms with E-state index in [1.807, 2.05) is 18.2 Å². The summed E-state index contributed by atoms with van der Waals surface area (Å²) in [4.78, 5) is 47.9. The van der Waals surface area contributed by atoms with Crippen molar-refractivity contribution in [1.82, 2.24) is 30.0 Å². The summed E-state index contributed by atoms with van der Waals surface area (Å²) in [6.07, 6.45) is 2.23. The highest BCUT2D eigenvalue weighted by Gasteiger charge is 2.51. The maximum atomic E-state index is 14.3. The Morgan fingerprint density at radius 1 is 0.936 bits per heavy atom. The Labute approximate surface area is 275 Å². The van der Waals surface area contributed by atoms with Crippen molar-refractivity contribution in [3.8, 4) is 5.75 Å². The predicted octanol–water partition coefficient (Wildman–Crippen LogP) is 3.01. The van der Waals surface area contributed by atoms with E-state index in [4.69, 9.17) is 0 Å². The standard InChI is InChI=1S/C36H43N7O4/c1-39-24-33(45)42-31(20-25-10-12-30(44)13-11-25)35(46)41(22-28-9-5-8-27-14-17-37-34(27)28)23-32(42)43(39)36(47)38-29-15-18-40(19-16-29)21-26-6-3-2-4-7-26/h2-13,29,31-32,37,44H,14-24H2,1H3,(H,38,47)/t31-,32?/m0/s1. The summed E-state index contributed by atoms with van der Waals surface area (Å²) in [5, 5.41) is 19.9. The molecule has 4 amide bonds. The second-order valence-electron chi connectivity index (χ2n) is 13.2. The van der Waals surface area contributed by atoms with Crippen molar-refractivity contribution in [3.63, 3.8) is 0 Å². The maximum absolute atomic E-state index is 14.3. The van der Waals surface area contributed by atoms with Gasteiger partial charge < -0.3 is 25.5 Å². The van der Waals surface area contributed by atoms with Gasteiger partial charge in [-0.25, -0.2) is 14.8 Å². The van der Waals surface area contributed by atoms with Gasteiger partial charge >= 0.3 is 6.03 Å². The fraction of sp³-hybridized carbons (Fsp3) is 0.417. The van der Waals surface area contributed by atoms with E-state index < -0.39 is 12.2 Å². The van der Waals surface area contributed by atoms with Crippen LogP contribution in [0.3, 0.4) is 0 Å². The molecule has 0 aromatic heterocycles. The average molecular weight is 638 g/mol. The van der Waals surface area contributed by atoms with Gasteiger partial charge in [0.15, 0.2) is 0 Å². The lowest BCUT2D eigenvalue weighted by Gasteiger charge is -2.54. The minimum Gasteiger partial charge on any atom is -0.508 e. The van der Waals surface area contributed by atoms with Gasteiger partial charge in [0.05, 0.1) is 13.1 Å². The third-order valence-electron chi connectivity index (χ3n) is 9.97. The van der Waals surface area contributed by atoms with Crippen molar-refractivity contribution in [2.24, 2.45) is 0 Å². The number of rotatable bonds is 7. The molecule has 11 heteroatoms. The molecule has 3 aromatic rings. The number of hydrogen-bond acceptors (Lipinski definition) is 7. The summed E-state index contributed by atoms with van der Waals surface area (Å²) in [5.74, 6) is -0.193. The van der Waals surface area contributed by atoms with Gasteiger partial charge in [0, 0.05) is 57.9 Å². The summed E-state index contributed by atoms with van der Waals surface area (Å²) >= 11 is 0. The second-order valence-corrected chi connectivity index (χ2v) is 13.2. The number of urea groups is 1. The van der Waals surface area contributed by atoms with Gasteiger partial charge in [0.2, 0.25) is 11.8 Å². The van der Waals surface area contributed by atoms with Crippen LogP contribution in [0.25, 0.3) is 0 Å². The summed E-state index contributed by atoms with van der Waals surface area (Å²) in [6.45, 7) is 4.09. The second kappa shape index (κ2) is 13.2. The molecule has 246 valence electrons. The number of fused-ring (bicyclic) bond motifs is 2. The van der Waals surface area contributed by atoms with Crippen LogP contribution in [-0.4, -0.2) is 106 Å². The number of likely N-dealkylation sites (N-methyl/N-ethyl adjacent to an activating group) is 1. The number of benzene rings is 3. The molecule has 47 heavy (non-hydrogen) atoms. The number of nitrogens with one attached hydrogen (secondary N) is 2. The first-order chi connectivity index (χ1) is 22.8. The number of hydrogen-bond donors (Lipinski definition) is 3. The first-order valence-electron chi connectivity index (χ1n) is 16.6. The third-order valence-corrected chi connectivity index (χ3v) is 9.97. The van der Waals surface area contributed by atoms with Crippen LogP contribution in [0.2, 0.25) is 0 Å². The van der Waals surface area contributed by atoms with E-state index in [-0.39, 0.29) is 49.1 Å². The number of aromatic hydroxyl groups is 1. The molecule has 2 atom stereocenters.